The molecule has 0 radical (unpaired) electrons. The van der Waals surface area contributed by atoms with Gasteiger partial charge in [0, 0.05) is 16.0 Å². The second kappa shape index (κ2) is 4.96. The van der Waals surface area contributed by atoms with E-state index in [2.05, 4.69) is 0 Å². The van der Waals surface area contributed by atoms with E-state index in [1.165, 1.54) is 16.7 Å². The lowest BCUT2D eigenvalue weighted by Gasteiger charge is -2.30. The quantitative estimate of drug-likeness (QED) is 0.881. The highest BCUT2D eigenvalue weighted by Gasteiger charge is 2.44. The number of carbonyl (C=O) groups is 1. The van der Waals surface area contributed by atoms with E-state index in [9.17, 15) is 9.90 Å². The zero-order chi connectivity index (χ0) is 14.2. The van der Waals surface area contributed by atoms with Crippen LogP contribution in [0.15, 0.2) is 59.5 Å². The molecule has 0 aliphatic carbocycles. The standard InChI is InChI=1S/C16H15NO2S/c1-16(19)14-10-6-5-9-13(14)15(18)17(16)11-20-12-7-3-2-4-8-12/h2-10,19H,11H2,1H3. The Hall–Kier alpha value is -1.78. The summed E-state index contributed by atoms with van der Waals surface area (Å²) in [6, 6.07) is 17.1. The van der Waals surface area contributed by atoms with E-state index < -0.39 is 5.72 Å². The molecule has 1 amide bonds. The monoisotopic (exact) mass is 285 g/mol. The Kier molecular flexibility index (Phi) is 3.28. The highest BCUT2D eigenvalue weighted by Crippen LogP contribution is 2.38. The van der Waals surface area contributed by atoms with E-state index >= 15 is 0 Å². The average molecular weight is 285 g/mol. The predicted molar refractivity (Wildman–Crippen MR) is 79.3 cm³/mol. The third-order valence-electron chi connectivity index (χ3n) is 3.54. The summed E-state index contributed by atoms with van der Waals surface area (Å²) in [5.41, 5.74) is 0.0277. The first-order valence-electron chi connectivity index (χ1n) is 6.42. The van der Waals surface area contributed by atoms with Crippen LogP contribution in [0.1, 0.15) is 22.8 Å². The van der Waals surface area contributed by atoms with Gasteiger partial charge in [-0.2, -0.15) is 0 Å². The molecule has 2 aromatic carbocycles. The van der Waals surface area contributed by atoms with Crippen LogP contribution in [0.5, 0.6) is 0 Å². The molecule has 3 rings (SSSR count). The van der Waals surface area contributed by atoms with Crippen molar-refractivity contribution in [2.75, 3.05) is 5.88 Å². The first-order chi connectivity index (χ1) is 9.60. The van der Waals surface area contributed by atoms with Gasteiger partial charge in [0.05, 0.1) is 5.88 Å². The third-order valence-corrected chi connectivity index (χ3v) is 4.53. The third kappa shape index (κ3) is 2.11. The van der Waals surface area contributed by atoms with Crippen molar-refractivity contribution in [1.82, 2.24) is 4.90 Å². The van der Waals surface area contributed by atoms with Gasteiger partial charge in [-0.1, -0.05) is 36.4 Å². The number of hydrogen-bond donors (Lipinski definition) is 1. The number of carbonyl (C=O) groups excluding carboxylic acids is 1. The summed E-state index contributed by atoms with van der Waals surface area (Å²) < 4.78 is 0. The van der Waals surface area contributed by atoms with Crippen LogP contribution in [-0.2, 0) is 5.72 Å². The van der Waals surface area contributed by atoms with Crippen molar-refractivity contribution in [3.05, 3.63) is 65.7 Å². The van der Waals surface area contributed by atoms with Gasteiger partial charge in [0.2, 0.25) is 0 Å². The molecular formula is C16H15NO2S. The lowest BCUT2D eigenvalue weighted by Crippen LogP contribution is -2.40. The maximum Gasteiger partial charge on any atom is 0.257 e. The average Bonchev–Trinajstić information content (AvgIpc) is 2.66. The van der Waals surface area contributed by atoms with E-state index in [0.29, 0.717) is 17.0 Å². The van der Waals surface area contributed by atoms with Crippen molar-refractivity contribution in [1.29, 1.82) is 0 Å². The molecule has 102 valence electrons. The number of hydrogen-bond acceptors (Lipinski definition) is 3. The van der Waals surface area contributed by atoms with Crippen LogP contribution >= 0.6 is 11.8 Å². The molecule has 1 aliphatic rings. The second-order valence-corrected chi connectivity index (χ2v) is 5.90. The minimum atomic E-state index is -1.24. The number of aliphatic hydroxyl groups is 1. The number of rotatable bonds is 3. The fourth-order valence-electron chi connectivity index (χ4n) is 2.41. The van der Waals surface area contributed by atoms with Crippen LogP contribution < -0.4 is 0 Å². The van der Waals surface area contributed by atoms with Gasteiger partial charge in [0.15, 0.2) is 5.72 Å². The molecule has 4 heteroatoms. The highest BCUT2D eigenvalue weighted by molar-refractivity contribution is 7.99. The van der Waals surface area contributed by atoms with Gasteiger partial charge in [-0.3, -0.25) is 9.69 Å². The zero-order valence-electron chi connectivity index (χ0n) is 11.1. The highest BCUT2D eigenvalue weighted by atomic mass is 32.2. The molecule has 1 aliphatic heterocycles. The van der Waals surface area contributed by atoms with E-state index in [1.54, 1.807) is 19.1 Å². The van der Waals surface area contributed by atoms with Gasteiger partial charge in [-0.15, -0.1) is 11.8 Å². The summed E-state index contributed by atoms with van der Waals surface area (Å²) in [6.45, 7) is 1.67. The minimum absolute atomic E-state index is 0.117. The maximum atomic E-state index is 12.4. The Morgan fingerprint density at radius 2 is 1.75 bits per heavy atom. The molecule has 0 saturated heterocycles. The van der Waals surface area contributed by atoms with Gasteiger partial charge in [0.1, 0.15) is 0 Å². The lowest BCUT2D eigenvalue weighted by molar-refractivity contribution is -0.0590. The van der Waals surface area contributed by atoms with Crippen molar-refractivity contribution in [2.45, 2.75) is 17.5 Å². The molecule has 1 N–H and O–H groups in total. The van der Waals surface area contributed by atoms with Crippen molar-refractivity contribution in [3.8, 4) is 0 Å². The molecule has 3 nitrogen and oxygen atoms in total. The molecule has 0 bridgehead atoms. The molecule has 0 aromatic heterocycles. The molecular weight excluding hydrogens is 270 g/mol. The van der Waals surface area contributed by atoms with Crippen molar-refractivity contribution < 1.29 is 9.90 Å². The largest absolute Gasteiger partial charge is 0.367 e. The lowest BCUT2D eigenvalue weighted by atomic mass is 10.0. The normalized spacial score (nSPS) is 21.1. The summed E-state index contributed by atoms with van der Waals surface area (Å²) in [5.74, 6) is 0.305. The summed E-state index contributed by atoms with van der Waals surface area (Å²) in [5, 5.41) is 10.6. The number of thioether (sulfide) groups is 1. The molecule has 1 unspecified atom stereocenters. The van der Waals surface area contributed by atoms with Crippen LogP contribution in [-0.4, -0.2) is 21.8 Å². The Balaban J connectivity index is 1.83. The van der Waals surface area contributed by atoms with Crippen molar-refractivity contribution >= 4 is 17.7 Å². The van der Waals surface area contributed by atoms with Crippen LogP contribution in [0.25, 0.3) is 0 Å². The summed E-state index contributed by atoms with van der Waals surface area (Å²) in [6.07, 6.45) is 0. The minimum Gasteiger partial charge on any atom is -0.367 e. The van der Waals surface area contributed by atoms with Gasteiger partial charge < -0.3 is 5.11 Å². The van der Waals surface area contributed by atoms with Crippen LogP contribution in [0.4, 0.5) is 0 Å². The Morgan fingerprint density at radius 3 is 2.45 bits per heavy atom. The molecule has 1 atom stereocenters. The first-order valence-corrected chi connectivity index (χ1v) is 7.41. The summed E-state index contributed by atoms with van der Waals surface area (Å²) >= 11 is 1.54. The maximum absolute atomic E-state index is 12.4. The molecule has 2 aromatic rings. The van der Waals surface area contributed by atoms with E-state index in [1.807, 2.05) is 42.5 Å². The van der Waals surface area contributed by atoms with E-state index in [4.69, 9.17) is 0 Å². The Bertz CT molecular complexity index is 640. The van der Waals surface area contributed by atoms with E-state index in [-0.39, 0.29) is 5.91 Å². The molecule has 0 fully saturated rings. The summed E-state index contributed by atoms with van der Waals surface area (Å²) in [7, 11) is 0. The number of benzene rings is 2. The molecule has 1 heterocycles. The SMILES string of the molecule is CC1(O)c2ccccc2C(=O)N1CSc1ccccc1. The van der Waals surface area contributed by atoms with E-state index in [0.717, 1.165) is 4.90 Å². The van der Waals surface area contributed by atoms with Crippen molar-refractivity contribution in [2.24, 2.45) is 0 Å². The topological polar surface area (TPSA) is 40.5 Å². The Morgan fingerprint density at radius 1 is 1.10 bits per heavy atom. The first kappa shape index (κ1) is 13.2. The summed E-state index contributed by atoms with van der Waals surface area (Å²) in [4.78, 5) is 15.0. The Labute approximate surface area is 122 Å². The van der Waals surface area contributed by atoms with Crippen molar-refractivity contribution in [3.63, 3.8) is 0 Å². The predicted octanol–water partition coefficient (Wildman–Crippen LogP) is 3.06. The second-order valence-electron chi connectivity index (χ2n) is 4.89. The smallest absolute Gasteiger partial charge is 0.257 e. The molecule has 0 spiro atoms. The molecule has 20 heavy (non-hydrogen) atoms. The van der Waals surface area contributed by atoms with Crippen LogP contribution in [0, 0.1) is 0 Å². The fourth-order valence-corrected chi connectivity index (χ4v) is 3.41. The molecule has 0 saturated carbocycles. The zero-order valence-corrected chi connectivity index (χ0v) is 11.9. The van der Waals surface area contributed by atoms with Crippen LogP contribution in [0.2, 0.25) is 0 Å². The number of amides is 1. The fraction of sp³-hybridized carbons (Fsp3) is 0.188. The van der Waals surface area contributed by atoms with Gasteiger partial charge in [0.25, 0.3) is 5.91 Å². The van der Waals surface area contributed by atoms with Gasteiger partial charge in [-0.25, -0.2) is 0 Å². The van der Waals surface area contributed by atoms with Gasteiger partial charge >= 0.3 is 0 Å². The number of nitrogens with zero attached hydrogens (tertiary/aromatic N) is 1. The number of fused-ring (bicyclic) bond motifs is 1. The van der Waals surface area contributed by atoms with Gasteiger partial charge in [-0.05, 0) is 25.1 Å². The van der Waals surface area contributed by atoms with Crippen LogP contribution in [0.3, 0.4) is 0 Å².